The van der Waals surface area contributed by atoms with Crippen molar-refractivity contribution in [1.82, 2.24) is 4.98 Å². The average Bonchev–Trinajstić information content (AvgIpc) is 3.08. The van der Waals surface area contributed by atoms with Crippen LogP contribution in [0.4, 0.5) is 8.78 Å². The van der Waals surface area contributed by atoms with Crippen molar-refractivity contribution < 1.29 is 32.6 Å². The molecule has 8 heteroatoms. The molecule has 0 bridgehead atoms. The van der Waals surface area contributed by atoms with Crippen LogP contribution < -0.4 is 4.74 Å². The molecule has 1 aromatic heterocycles. The number of hydrogen-bond donors (Lipinski definition) is 1. The Morgan fingerprint density at radius 1 is 1.20 bits per heavy atom. The van der Waals surface area contributed by atoms with E-state index in [9.17, 15) is 13.6 Å². The van der Waals surface area contributed by atoms with Gasteiger partial charge in [0.1, 0.15) is 35.4 Å². The maximum absolute atomic E-state index is 14.4. The molecule has 0 aliphatic rings. The highest BCUT2D eigenvalue weighted by molar-refractivity contribution is 5.72. The molecule has 1 heterocycles. The molecule has 1 unspecified atom stereocenters. The Kier molecular flexibility index (Phi) is 6.79. The summed E-state index contributed by atoms with van der Waals surface area (Å²) in [5, 5.41) is 9.14. The van der Waals surface area contributed by atoms with Gasteiger partial charge in [-0.15, -0.1) is 0 Å². The van der Waals surface area contributed by atoms with Crippen molar-refractivity contribution in [2.24, 2.45) is 0 Å². The van der Waals surface area contributed by atoms with Crippen LogP contribution in [0.1, 0.15) is 23.9 Å². The molecule has 2 aromatic carbocycles. The number of carboxylic acid groups (broad SMARTS) is 1. The second-order valence-corrected chi connectivity index (χ2v) is 6.53. The van der Waals surface area contributed by atoms with Gasteiger partial charge < -0.3 is 19.0 Å². The number of aromatic nitrogens is 1. The first kappa shape index (κ1) is 21.4. The number of aryl methyl sites for hydroxylation is 1. The molecule has 0 saturated heterocycles. The Morgan fingerprint density at radius 3 is 2.63 bits per heavy atom. The van der Waals surface area contributed by atoms with Gasteiger partial charge in [0, 0.05) is 19.1 Å². The number of aliphatic carboxylic acids is 1. The Balaban J connectivity index is 1.69. The van der Waals surface area contributed by atoms with E-state index in [1.807, 2.05) is 0 Å². The molecule has 0 fully saturated rings. The number of ether oxygens (including phenoxy) is 2. The van der Waals surface area contributed by atoms with Crippen LogP contribution >= 0.6 is 0 Å². The summed E-state index contributed by atoms with van der Waals surface area (Å²) < 4.78 is 44.5. The molecule has 1 N–H and O–H groups in total. The van der Waals surface area contributed by atoms with E-state index in [0.717, 1.165) is 0 Å². The fourth-order valence-corrected chi connectivity index (χ4v) is 2.87. The molecular formula is C22H21F2NO5. The summed E-state index contributed by atoms with van der Waals surface area (Å²) in [6.07, 6.45) is -1.21. The highest BCUT2D eigenvalue weighted by atomic mass is 19.1. The van der Waals surface area contributed by atoms with Crippen LogP contribution in [0.3, 0.4) is 0 Å². The fourth-order valence-electron chi connectivity index (χ4n) is 2.87. The number of oxazole rings is 1. The van der Waals surface area contributed by atoms with Crippen LogP contribution in [-0.2, 0) is 22.6 Å². The first-order valence-electron chi connectivity index (χ1n) is 9.35. The van der Waals surface area contributed by atoms with Crippen LogP contribution in [0.15, 0.2) is 46.9 Å². The number of carbonyl (C=O) groups is 1. The van der Waals surface area contributed by atoms with Gasteiger partial charge in [0.05, 0.1) is 5.56 Å². The van der Waals surface area contributed by atoms with Crippen molar-refractivity contribution in [2.45, 2.75) is 33.0 Å². The first-order valence-corrected chi connectivity index (χ1v) is 9.35. The lowest BCUT2D eigenvalue weighted by molar-refractivity contribution is -0.150. The topological polar surface area (TPSA) is 81.8 Å². The van der Waals surface area contributed by atoms with Gasteiger partial charge in [0.2, 0.25) is 5.89 Å². The second kappa shape index (κ2) is 9.49. The van der Waals surface area contributed by atoms with Crippen LogP contribution in [0, 0.1) is 18.6 Å². The van der Waals surface area contributed by atoms with Gasteiger partial charge in [-0.2, -0.15) is 0 Å². The number of carboxylic acids is 1. The molecule has 3 rings (SSSR count). The zero-order valence-corrected chi connectivity index (χ0v) is 16.5. The average molecular weight is 417 g/mol. The molecule has 0 radical (unpaired) electrons. The Bertz CT molecular complexity index is 1030. The molecule has 0 amide bonds. The van der Waals surface area contributed by atoms with Crippen LogP contribution in [-0.4, -0.2) is 28.8 Å². The summed E-state index contributed by atoms with van der Waals surface area (Å²) >= 11 is 0. The maximum Gasteiger partial charge on any atom is 0.333 e. The van der Waals surface area contributed by atoms with Gasteiger partial charge in [-0.1, -0.05) is 18.2 Å². The third-order valence-corrected chi connectivity index (χ3v) is 4.45. The van der Waals surface area contributed by atoms with Crippen molar-refractivity contribution in [1.29, 1.82) is 0 Å². The standard InChI is InChI=1S/C22H21F2NO5/c1-3-28-20(22(26)27)10-14-8-9-15(11-18(14)24)29-12-19-13(2)30-21(25-19)16-6-4-5-7-17(16)23/h4-9,11,20H,3,10,12H2,1-2H3,(H,26,27). The van der Waals surface area contributed by atoms with Crippen molar-refractivity contribution in [3.8, 4) is 17.2 Å². The highest BCUT2D eigenvalue weighted by Crippen LogP contribution is 2.25. The molecule has 0 spiro atoms. The van der Waals surface area contributed by atoms with Crippen molar-refractivity contribution >= 4 is 5.97 Å². The van der Waals surface area contributed by atoms with Crippen molar-refractivity contribution in [2.75, 3.05) is 6.61 Å². The predicted molar refractivity (Wildman–Crippen MR) is 104 cm³/mol. The van der Waals surface area contributed by atoms with E-state index in [1.54, 1.807) is 32.0 Å². The number of rotatable bonds is 9. The summed E-state index contributed by atoms with van der Waals surface area (Å²) in [5.74, 6) is -1.34. The molecular weight excluding hydrogens is 396 g/mol. The minimum atomic E-state index is -1.15. The third-order valence-electron chi connectivity index (χ3n) is 4.45. The lowest BCUT2D eigenvalue weighted by Crippen LogP contribution is -2.26. The van der Waals surface area contributed by atoms with Crippen LogP contribution in [0.25, 0.3) is 11.5 Å². The van der Waals surface area contributed by atoms with E-state index in [4.69, 9.17) is 19.0 Å². The van der Waals surface area contributed by atoms with E-state index in [2.05, 4.69) is 4.98 Å². The number of nitrogens with zero attached hydrogens (tertiary/aromatic N) is 1. The van der Waals surface area contributed by atoms with Gasteiger partial charge >= 0.3 is 5.97 Å². The zero-order chi connectivity index (χ0) is 21.7. The van der Waals surface area contributed by atoms with Crippen molar-refractivity contribution in [3.05, 3.63) is 71.1 Å². The maximum atomic E-state index is 14.4. The van der Waals surface area contributed by atoms with E-state index in [0.29, 0.717) is 11.5 Å². The Hall–Kier alpha value is -3.26. The Morgan fingerprint density at radius 2 is 1.97 bits per heavy atom. The summed E-state index contributed by atoms with van der Waals surface area (Å²) in [6, 6.07) is 10.3. The molecule has 30 heavy (non-hydrogen) atoms. The molecule has 158 valence electrons. The minimum Gasteiger partial charge on any atom is -0.487 e. The van der Waals surface area contributed by atoms with Crippen LogP contribution in [0.5, 0.6) is 5.75 Å². The van der Waals surface area contributed by atoms with Gasteiger partial charge in [0.15, 0.2) is 6.10 Å². The molecule has 0 aliphatic heterocycles. The number of halogens is 2. The normalized spacial score (nSPS) is 12.0. The monoisotopic (exact) mass is 417 g/mol. The van der Waals surface area contributed by atoms with E-state index in [1.165, 1.54) is 24.3 Å². The van der Waals surface area contributed by atoms with Crippen molar-refractivity contribution in [3.63, 3.8) is 0 Å². The van der Waals surface area contributed by atoms with E-state index >= 15 is 0 Å². The number of benzene rings is 2. The largest absolute Gasteiger partial charge is 0.487 e. The zero-order valence-electron chi connectivity index (χ0n) is 16.5. The summed E-state index contributed by atoms with van der Waals surface area (Å²) in [5.41, 5.74) is 0.909. The molecule has 3 aromatic rings. The second-order valence-electron chi connectivity index (χ2n) is 6.53. The van der Waals surface area contributed by atoms with E-state index < -0.39 is 23.7 Å². The lowest BCUT2D eigenvalue weighted by Gasteiger charge is -2.13. The SMILES string of the molecule is CCOC(Cc1ccc(OCc2nc(-c3ccccc3F)oc2C)cc1F)C(=O)O. The van der Waals surface area contributed by atoms with Gasteiger partial charge in [0.25, 0.3) is 0 Å². The molecule has 1 atom stereocenters. The summed E-state index contributed by atoms with van der Waals surface area (Å²) in [4.78, 5) is 15.4. The quantitative estimate of drug-likeness (QED) is 0.551. The third kappa shape index (κ3) is 5.01. The predicted octanol–water partition coefficient (Wildman–Crippen LogP) is 4.54. The highest BCUT2D eigenvalue weighted by Gasteiger charge is 2.20. The first-order chi connectivity index (χ1) is 14.4. The van der Waals surface area contributed by atoms with Gasteiger partial charge in [-0.05, 0) is 37.6 Å². The Labute approximate surface area is 172 Å². The summed E-state index contributed by atoms with van der Waals surface area (Å²) in [7, 11) is 0. The van der Waals surface area contributed by atoms with E-state index in [-0.39, 0.29) is 42.4 Å². The minimum absolute atomic E-state index is 0.000725. The molecule has 0 aliphatic carbocycles. The van der Waals surface area contributed by atoms with Gasteiger partial charge in [-0.3, -0.25) is 0 Å². The smallest absolute Gasteiger partial charge is 0.333 e. The van der Waals surface area contributed by atoms with Crippen LogP contribution in [0.2, 0.25) is 0 Å². The number of hydrogen-bond acceptors (Lipinski definition) is 5. The molecule has 6 nitrogen and oxygen atoms in total. The molecule has 0 saturated carbocycles. The summed E-state index contributed by atoms with van der Waals surface area (Å²) in [6.45, 7) is 3.57. The lowest BCUT2D eigenvalue weighted by atomic mass is 10.1. The fraction of sp³-hybridized carbons (Fsp3) is 0.273. The van der Waals surface area contributed by atoms with Gasteiger partial charge in [-0.25, -0.2) is 18.6 Å².